The fourth-order valence-corrected chi connectivity index (χ4v) is 3.44. The fraction of sp³-hybridized carbons (Fsp3) is 0.174. The number of carbonyl (C=O) groups is 1. The Kier molecular flexibility index (Phi) is 4.79. The van der Waals surface area contributed by atoms with Crippen LogP contribution in [0.3, 0.4) is 0 Å². The Labute approximate surface area is 159 Å². The number of aryl methyl sites for hydroxylation is 1. The Morgan fingerprint density at radius 2 is 1.63 bits per heavy atom. The maximum Gasteiger partial charge on any atom is 0.272 e. The van der Waals surface area contributed by atoms with E-state index in [2.05, 4.69) is 12.1 Å². The van der Waals surface area contributed by atoms with Gasteiger partial charge in [-0.1, -0.05) is 60.7 Å². The smallest absolute Gasteiger partial charge is 0.272 e. The fourth-order valence-electron chi connectivity index (χ4n) is 3.44. The van der Waals surface area contributed by atoms with Crippen LogP contribution in [0.1, 0.15) is 23.7 Å². The van der Waals surface area contributed by atoms with Crippen LogP contribution in [0.25, 0.3) is 0 Å². The second-order valence-corrected chi connectivity index (χ2v) is 6.71. The molecule has 4 rings (SSSR count). The summed E-state index contributed by atoms with van der Waals surface area (Å²) in [6.45, 7) is 0.622. The second-order valence-electron chi connectivity index (χ2n) is 6.71. The van der Waals surface area contributed by atoms with E-state index in [1.165, 1.54) is 5.56 Å². The highest BCUT2D eigenvalue weighted by atomic mass is 16.5. The van der Waals surface area contributed by atoms with E-state index in [4.69, 9.17) is 10.5 Å². The van der Waals surface area contributed by atoms with E-state index in [9.17, 15) is 4.79 Å². The first-order valence-electron chi connectivity index (χ1n) is 9.19. The summed E-state index contributed by atoms with van der Waals surface area (Å²) in [5.74, 6) is 0.643. The van der Waals surface area contributed by atoms with Gasteiger partial charge >= 0.3 is 0 Å². The van der Waals surface area contributed by atoms with Gasteiger partial charge in [-0.05, 0) is 36.6 Å². The zero-order valence-corrected chi connectivity index (χ0v) is 15.0. The number of amides is 1. The van der Waals surface area contributed by atoms with Crippen LogP contribution >= 0.6 is 0 Å². The summed E-state index contributed by atoms with van der Waals surface area (Å²) in [6, 6.07) is 25.4. The molecule has 1 aliphatic heterocycles. The molecule has 0 aliphatic carbocycles. The summed E-state index contributed by atoms with van der Waals surface area (Å²) in [4.78, 5) is 15.0. The standard InChI is InChI=1S/C23H22N2O2/c24-19-13-14-21-20(16-19)25(15-7-10-17-8-3-1-4-9-17)23(26)22(27-21)18-11-5-2-6-12-18/h1-6,8-9,11-14,16,22H,7,10,15,24H2. The summed E-state index contributed by atoms with van der Waals surface area (Å²) in [5.41, 5.74) is 9.46. The number of nitrogen functional groups attached to an aromatic ring is 1. The molecule has 136 valence electrons. The van der Waals surface area contributed by atoms with Gasteiger partial charge < -0.3 is 15.4 Å². The number of benzene rings is 3. The van der Waals surface area contributed by atoms with Crippen LogP contribution in [0.15, 0.2) is 78.9 Å². The number of hydrogen-bond donors (Lipinski definition) is 1. The van der Waals surface area contributed by atoms with Gasteiger partial charge in [0.2, 0.25) is 6.10 Å². The Balaban J connectivity index is 1.59. The van der Waals surface area contributed by atoms with Crippen molar-refractivity contribution >= 4 is 17.3 Å². The van der Waals surface area contributed by atoms with E-state index in [-0.39, 0.29) is 5.91 Å². The van der Waals surface area contributed by atoms with Crippen LogP contribution in [0, 0.1) is 0 Å². The largest absolute Gasteiger partial charge is 0.474 e. The Morgan fingerprint density at radius 1 is 0.926 bits per heavy atom. The monoisotopic (exact) mass is 358 g/mol. The van der Waals surface area contributed by atoms with Crippen molar-refractivity contribution in [2.45, 2.75) is 18.9 Å². The van der Waals surface area contributed by atoms with Crippen molar-refractivity contribution in [3.63, 3.8) is 0 Å². The number of fused-ring (bicyclic) bond motifs is 1. The third-order valence-electron chi connectivity index (χ3n) is 4.80. The van der Waals surface area contributed by atoms with Gasteiger partial charge in [0.15, 0.2) is 0 Å². The van der Waals surface area contributed by atoms with Crippen molar-refractivity contribution in [1.29, 1.82) is 0 Å². The number of ether oxygens (including phenoxy) is 1. The first-order chi connectivity index (χ1) is 13.2. The molecule has 0 bridgehead atoms. The van der Waals surface area contributed by atoms with E-state index in [1.807, 2.05) is 65.6 Å². The first-order valence-corrected chi connectivity index (χ1v) is 9.19. The van der Waals surface area contributed by atoms with E-state index in [1.54, 1.807) is 6.07 Å². The van der Waals surface area contributed by atoms with Crippen LogP contribution in [-0.4, -0.2) is 12.5 Å². The molecule has 0 saturated carbocycles. The van der Waals surface area contributed by atoms with Crippen molar-refractivity contribution in [2.75, 3.05) is 17.2 Å². The lowest BCUT2D eigenvalue weighted by atomic mass is 10.0. The summed E-state index contributed by atoms with van der Waals surface area (Å²) in [7, 11) is 0. The number of hydrogen-bond acceptors (Lipinski definition) is 3. The predicted molar refractivity (Wildman–Crippen MR) is 108 cm³/mol. The molecular formula is C23H22N2O2. The topological polar surface area (TPSA) is 55.6 Å². The summed E-state index contributed by atoms with van der Waals surface area (Å²) in [5, 5.41) is 0. The van der Waals surface area contributed by atoms with Gasteiger partial charge in [-0.3, -0.25) is 4.79 Å². The number of nitrogens with zero attached hydrogens (tertiary/aromatic N) is 1. The molecule has 1 aliphatic rings. The highest BCUT2D eigenvalue weighted by Gasteiger charge is 2.35. The SMILES string of the molecule is Nc1ccc2c(c1)N(CCCc1ccccc1)C(=O)C(c1ccccc1)O2. The molecule has 0 fully saturated rings. The highest BCUT2D eigenvalue weighted by molar-refractivity contribution is 6.01. The number of rotatable bonds is 5. The minimum atomic E-state index is -0.626. The van der Waals surface area contributed by atoms with Crippen molar-refractivity contribution in [2.24, 2.45) is 0 Å². The van der Waals surface area contributed by atoms with Crippen LogP contribution in [-0.2, 0) is 11.2 Å². The lowest BCUT2D eigenvalue weighted by Crippen LogP contribution is -2.41. The molecular weight excluding hydrogens is 336 g/mol. The molecule has 1 unspecified atom stereocenters. The number of carbonyl (C=O) groups excluding carboxylic acids is 1. The highest BCUT2D eigenvalue weighted by Crippen LogP contribution is 2.40. The lowest BCUT2D eigenvalue weighted by Gasteiger charge is -2.34. The predicted octanol–water partition coefficient (Wildman–Crippen LogP) is 4.37. The minimum absolute atomic E-state index is 0.0487. The molecule has 1 heterocycles. The molecule has 4 nitrogen and oxygen atoms in total. The number of nitrogens with two attached hydrogens (primary N) is 1. The molecule has 0 aromatic heterocycles. The zero-order chi connectivity index (χ0) is 18.6. The third-order valence-corrected chi connectivity index (χ3v) is 4.80. The quantitative estimate of drug-likeness (QED) is 0.689. The van der Waals surface area contributed by atoms with Crippen LogP contribution in [0.5, 0.6) is 5.75 Å². The molecule has 0 spiro atoms. The molecule has 4 heteroatoms. The van der Waals surface area contributed by atoms with Gasteiger partial charge in [0.25, 0.3) is 5.91 Å². The molecule has 1 amide bonds. The Morgan fingerprint density at radius 3 is 2.37 bits per heavy atom. The summed E-state index contributed by atoms with van der Waals surface area (Å²) >= 11 is 0. The van der Waals surface area contributed by atoms with Gasteiger partial charge in [-0.15, -0.1) is 0 Å². The van der Waals surface area contributed by atoms with Gasteiger partial charge in [-0.2, -0.15) is 0 Å². The molecule has 2 N–H and O–H groups in total. The third kappa shape index (κ3) is 3.65. The van der Waals surface area contributed by atoms with Gasteiger partial charge in [0, 0.05) is 17.8 Å². The van der Waals surface area contributed by atoms with Crippen molar-refractivity contribution < 1.29 is 9.53 Å². The molecule has 1 atom stereocenters. The van der Waals surface area contributed by atoms with Crippen LogP contribution in [0.4, 0.5) is 11.4 Å². The molecule has 27 heavy (non-hydrogen) atoms. The van der Waals surface area contributed by atoms with Gasteiger partial charge in [0.1, 0.15) is 5.75 Å². The van der Waals surface area contributed by atoms with Crippen LogP contribution in [0.2, 0.25) is 0 Å². The number of anilines is 2. The van der Waals surface area contributed by atoms with E-state index in [0.717, 1.165) is 24.1 Å². The van der Waals surface area contributed by atoms with Gasteiger partial charge in [0.05, 0.1) is 5.69 Å². The maximum absolute atomic E-state index is 13.2. The molecule has 0 radical (unpaired) electrons. The Hall–Kier alpha value is -3.27. The normalized spacial score (nSPS) is 15.9. The summed E-state index contributed by atoms with van der Waals surface area (Å²) < 4.78 is 6.03. The molecule has 3 aromatic carbocycles. The second kappa shape index (κ2) is 7.54. The minimum Gasteiger partial charge on any atom is -0.474 e. The van der Waals surface area contributed by atoms with E-state index in [0.29, 0.717) is 18.0 Å². The molecule has 3 aromatic rings. The maximum atomic E-state index is 13.2. The van der Waals surface area contributed by atoms with Crippen molar-refractivity contribution in [3.05, 3.63) is 90.0 Å². The lowest BCUT2D eigenvalue weighted by molar-refractivity contribution is -0.126. The zero-order valence-electron chi connectivity index (χ0n) is 15.0. The van der Waals surface area contributed by atoms with E-state index < -0.39 is 6.10 Å². The van der Waals surface area contributed by atoms with Crippen molar-refractivity contribution in [1.82, 2.24) is 0 Å². The average molecular weight is 358 g/mol. The molecule has 0 saturated heterocycles. The van der Waals surface area contributed by atoms with Gasteiger partial charge in [-0.25, -0.2) is 0 Å². The Bertz CT molecular complexity index is 926. The summed E-state index contributed by atoms with van der Waals surface area (Å²) in [6.07, 6.45) is 1.16. The van der Waals surface area contributed by atoms with Crippen molar-refractivity contribution in [3.8, 4) is 5.75 Å². The van der Waals surface area contributed by atoms with E-state index >= 15 is 0 Å². The van der Waals surface area contributed by atoms with Crippen LogP contribution < -0.4 is 15.4 Å². The average Bonchev–Trinajstić information content (AvgIpc) is 2.71. The first kappa shape index (κ1) is 17.2.